The van der Waals surface area contributed by atoms with E-state index in [9.17, 15) is 13.2 Å². The summed E-state index contributed by atoms with van der Waals surface area (Å²) in [5.41, 5.74) is -0.920. The van der Waals surface area contributed by atoms with Crippen LogP contribution >= 0.6 is 0 Å². The van der Waals surface area contributed by atoms with Crippen LogP contribution in [-0.4, -0.2) is 17.2 Å². The van der Waals surface area contributed by atoms with Gasteiger partial charge in [-0.15, -0.1) is 0 Å². The van der Waals surface area contributed by atoms with Gasteiger partial charge in [-0.25, -0.2) is 18.2 Å². The number of pyridine rings is 1. The van der Waals surface area contributed by atoms with E-state index in [0.29, 0.717) is 0 Å². The molecule has 19 heavy (non-hydrogen) atoms. The first kappa shape index (κ1) is 13.4. The molecule has 0 radical (unpaired) electrons. The number of hydrogen-bond donors (Lipinski definition) is 1. The lowest BCUT2D eigenvalue weighted by Gasteiger charge is -2.11. The van der Waals surface area contributed by atoms with Gasteiger partial charge in [-0.05, 0) is 12.1 Å². The third-order valence-corrected chi connectivity index (χ3v) is 2.58. The zero-order chi connectivity index (χ0) is 14.0. The number of hydrogen-bond acceptors (Lipinski definition) is 3. The topological polar surface area (TPSA) is 42.4 Å². The van der Waals surface area contributed by atoms with Gasteiger partial charge < -0.3 is 9.84 Å². The maximum Gasteiger partial charge on any atom is 0.150 e. The van der Waals surface area contributed by atoms with E-state index in [1.165, 1.54) is 13.2 Å². The molecule has 1 heterocycles. The van der Waals surface area contributed by atoms with Crippen molar-refractivity contribution in [2.75, 3.05) is 7.11 Å². The summed E-state index contributed by atoms with van der Waals surface area (Å²) in [5.74, 6) is -2.61. The van der Waals surface area contributed by atoms with Crippen LogP contribution in [0.1, 0.15) is 5.69 Å². The average Bonchev–Trinajstić information content (AvgIpc) is 2.39. The monoisotopic (exact) mass is 269 g/mol. The summed E-state index contributed by atoms with van der Waals surface area (Å²) in [6, 6.07) is 4.25. The maximum atomic E-state index is 13.7. The normalized spacial score (nSPS) is 10.6. The van der Waals surface area contributed by atoms with Gasteiger partial charge in [0.15, 0.2) is 5.82 Å². The van der Waals surface area contributed by atoms with Crippen LogP contribution in [0, 0.1) is 17.5 Å². The number of halogens is 3. The number of aliphatic hydroxyl groups excluding tert-OH is 1. The van der Waals surface area contributed by atoms with Crippen LogP contribution in [0.15, 0.2) is 24.3 Å². The van der Waals surface area contributed by atoms with Gasteiger partial charge in [0.1, 0.15) is 28.8 Å². The minimum absolute atomic E-state index is 0.112. The second-order valence-electron chi connectivity index (χ2n) is 3.72. The van der Waals surface area contributed by atoms with Gasteiger partial charge in [-0.2, -0.15) is 0 Å². The zero-order valence-corrected chi connectivity index (χ0v) is 9.95. The minimum atomic E-state index is -0.846. The van der Waals surface area contributed by atoms with Crippen molar-refractivity contribution in [3.05, 3.63) is 47.4 Å². The molecule has 0 aliphatic carbocycles. The Morgan fingerprint density at radius 2 is 1.79 bits per heavy atom. The van der Waals surface area contributed by atoms with Gasteiger partial charge in [0.05, 0.1) is 19.3 Å². The first-order valence-electron chi connectivity index (χ1n) is 5.37. The number of aliphatic hydroxyl groups is 1. The summed E-state index contributed by atoms with van der Waals surface area (Å²) in [6.07, 6.45) is 0. The van der Waals surface area contributed by atoms with Crippen molar-refractivity contribution in [3.63, 3.8) is 0 Å². The SMILES string of the molecule is COc1cc(F)c(CO)nc1-c1c(F)cccc1F. The number of ether oxygens (including phenoxy) is 1. The lowest BCUT2D eigenvalue weighted by Crippen LogP contribution is -2.02. The van der Waals surface area contributed by atoms with Crippen LogP contribution < -0.4 is 4.74 Å². The number of benzene rings is 1. The Labute approximate surface area is 107 Å². The molecule has 0 aliphatic heterocycles. The smallest absolute Gasteiger partial charge is 0.150 e. The zero-order valence-electron chi connectivity index (χ0n) is 9.95. The van der Waals surface area contributed by atoms with Crippen molar-refractivity contribution in [1.29, 1.82) is 0 Å². The Morgan fingerprint density at radius 1 is 1.16 bits per heavy atom. The lowest BCUT2D eigenvalue weighted by molar-refractivity contribution is 0.269. The summed E-state index contributed by atoms with van der Waals surface area (Å²) in [4.78, 5) is 3.72. The number of methoxy groups -OCH3 is 1. The molecule has 1 N–H and O–H groups in total. The molecule has 2 aromatic rings. The lowest BCUT2D eigenvalue weighted by atomic mass is 10.1. The molecule has 0 aliphatic rings. The third kappa shape index (κ3) is 2.39. The Balaban J connectivity index is 2.73. The summed E-state index contributed by atoms with van der Waals surface area (Å²) in [5, 5.41) is 8.96. The second kappa shape index (κ2) is 5.27. The molecular formula is C13H10F3NO2. The molecular weight excluding hydrogens is 259 g/mol. The van der Waals surface area contributed by atoms with Gasteiger partial charge in [0.2, 0.25) is 0 Å². The van der Waals surface area contributed by atoms with E-state index >= 15 is 0 Å². The Bertz CT molecular complexity index is 597. The van der Waals surface area contributed by atoms with Crippen molar-refractivity contribution in [1.82, 2.24) is 4.98 Å². The number of rotatable bonds is 3. The predicted molar refractivity (Wildman–Crippen MR) is 62.0 cm³/mol. The number of aromatic nitrogens is 1. The quantitative estimate of drug-likeness (QED) is 0.931. The molecule has 0 spiro atoms. The highest BCUT2D eigenvalue weighted by atomic mass is 19.1. The standard InChI is InChI=1S/C13H10F3NO2/c1-19-11-5-9(16)10(6-18)17-13(11)12-7(14)3-2-4-8(12)15/h2-5,18H,6H2,1H3. The predicted octanol–water partition coefficient (Wildman–Crippen LogP) is 2.67. The van der Waals surface area contributed by atoms with Crippen LogP contribution in [0.3, 0.4) is 0 Å². The fourth-order valence-corrected chi connectivity index (χ4v) is 1.68. The van der Waals surface area contributed by atoms with E-state index in [0.717, 1.165) is 18.2 Å². The molecule has 0 saturated heterocycles. The fourth-order valence-electron chi connectivity index (χ4n) is 1.68. The molecule has 0 amide bonds. The van der Waals surface area contributed by atoms with Crippen molar-refractivity contribution >= 4 is 0 Å². The highest BCUT2D eigenvalue weighted by Gasteiger charge is 2.19. The van der Waals surface area contributed by atoms with Crippen LogP contribution in [-0.2, 0) is 6.61 Å². The van der Waals surface area contributed by atoms with Crippen molar-refractivity contribution in [2.45, 2.75) is 6.61 Å². The molecule has 100 valence electrons. The second-order valence-corrected chi connectivity index (χ2v) is 3.72. The Morgan fingerprint density at radius 3 is 2.32 bits per heavy atom. The molecule has 0 atom stereocenters. The largest absolute Gasteiger partial charge is 0.494 e. The first-order chi connectivity index (χ1) is 9.08. The average molecular weight is 269 g/mol. The van der Waals surface area contributed by atoms with E-state index in [1.54, 1.807) is 0 Å². The van der Waals surface area contributed by atoms with Crippen molar-refractivity contribution in [3.8, 4) is 17.0 Å². The van der Waals surface area contributed by atoms with Gasteiger partial charge >= 0.3 is 0 Å². The molecule has 0 fully saturated rings. The minimum Gasteiger partial charge on any atom is -0.494 e. The molecule has 0 bridgehead atoms. The molecule has 0 saturated carbocycles. The van der Waals surface area contributed by atoms with E-state index in [-0.39, 0.29) is 17.1 Å². The highest BCUT2D eigenvalue weighted by molar-refractivity contribution is 5.67. The van der Waals surface area contributed by atoms with Crippen LogP contribution in [0.2, 0.25) is 0 Å². The van der Waals surface area contributed by atoms with E-state index in [2.05, 4.69) is 4.98 Å². The van der Waals surface area contributed by atoms with Gasteiger partial charge in [-0.3, -0.25) is 0 Å². The van der Waals surface area contributed by atoms with Crippen LogP contribution in [0.25, 0.3) is 11.3 Å². The van der Waals surface area contributed by atoms with E-state index in [4.69, 9.17) is 9.84 Å². The van der Waals surface area contributed by atoms with Gasteiger partial charge in [-0.1, -0.05) is 6.07 Å². The fraction of sp³-hybridized carbons (Fsp3) is 0.154. The number of nitrogens with zero attached hydrogens (tertiary/aromatic N) is 1. The molecule has 0 unspecified atom stereocenters. The molecule has 1 aromatic heterocycles. The summed E-state index contributed by atoms with van der Waals surface area (Å²) >= 11 is 0. The van der Waals surface area contributed by atoms with Crippen LogP contribution in [0.5, 0.6) is 5.75 Å². The summed E-state index contributed by atoms with van der Waals surface area (Å²) in [7, 11) is 1.23. The molecule has 1 aromatic carbocycles. The van der Waals surface area contributed by atoms with Gasteiger partial charge in [0.25, 0.3) is 0 Å². The van der Waals surface area contributed by atoms with E-state index < -0.39 is 29.6 Å². The first-order valence-corrected chi connectivity index (χ1v) is 5.37. The summed E-state index contributed by atoms with van der Waals surface area (Å²) < 4.78 is 45.7. The molecule has 2 rings (SSSR count). The van der Waals surface area contributed by atoms with Gasteiger partial charge in [0, 0.05) is 6.07 Å². The Hall–Kier alpha value is -2.08. The highest BCUT2D eigenvalue weighted by Crippen LogP contribution is 2.33. The summed E-state index contributed by atoms with van der Waals surface area (Å²) in [6.45, 7) is -0.682. The van der Waals surface area contributed by atoms with Crippen molar-refractivity contribution < 1.29 is 23.0 Å². The van der Waals surface area contributed by atoms with E-state index in [1.807, 2.05) is 0 Å². The molecule has 6 heteroatoms. The van der Waals surface area contributed by atoms with Crippen molar-refractivity contribution in [2.24, 2.45) is 0 Å². The third-order valence-electron chi connectivity index (χ3n) is 2.58. The van der Waals surface area contributed by atoms with Crippen LogP contribution in [0.4, 0.5) is 13.2 Å². The molecule has 3 nitrogen and oxygen atoms in total. The Kier molecular flexibility index (Phi) is 3.71. The maximum absolute atomic E-state index is 13.7.